The lowest BCUT2D eigenvalue weighted by molar-refractivity contribution is 0.736. The van der Waals surface area contributed by atoms with E-state index in [0.29, 0.717) is 0 Å². The lowest BCUT2D eigenvalue weighted by Gasteiger charge is -1.99. The topological polar surface area (TPSA) is 38.4 Å². The number of rotatable bonds is 5. The van der Waals surface area contributed by atoms with Gasteiger partial charge in [-0.2, -0.15) is 5.10 Å². The van der Waals surface area contributed by atoms with Crippen LogP contribution in [0.4, 0.5) is 0 Å². The van der Waals surface area contributed by atoms with Crippen molar-refractivity contribution in [3.63, 3.8) is 0 Å². The highest BCUT2D eigenvalue weighted by Crippen LogP contribution is 2.01. The summed E-state index contributed by atoms with van der Waals surface area (Å²) >= 11 is 0. The highest BCUT2D eigenvalue weighted by Gasteiger charge is 1.93. The van der Waals surface area contributed by atoms with Crippen molar-refractivity contribution in [2.75, 3.05) is 0 Å². The second kappa shape index (κ2) is 6.59. The Balaban J connectivity index is 3.27. The van der Waals surface area contributed by atoms with Crippen molar-refractivity contribution < 1.29 is 0 Å². The number of nitrogens with two attached hydrogens (primary N) is 1. The molecule has 10 heavy (non-hydrogen) atoms. The first-order valence-corrected chi connectivity index (χ1v) is 4.10. The molecule has 0 aromatic rings. The minimum absolute atomic E-state index is 1.00. The standard InChI is InChI=1S/C8H18N2/c1-3-5-6-7-8(4-2)10-9/h3-7,9H2,1-2H3. The summed E-state index contributed by atoms with van der Waals surface area (Å²) in [6.45, 7) is 4.29. The van der Waals surface area contributed by atoms with Crippen molar-refractivity contribution in [2.24, 2.45) is 10.9 Å². The van der Waals surface area contributed by atoms with E-state index in [9.17, 15) is 0 Å². The molecule has 0 saturated heterocycles. The van der Waals surface area contributed by atoms with E-state index in [0.717, 1.165) is 18.6 Å². The molecular formula is C8H18N2. The molecule has 0 aliphatic heterocycles. The highest BCUT2D eigenvalue weighted by molar-refractivity contribution is 5.83. The second-order valence-electron chi connectivity index (χ2n) is 2.51. The molecule has 0 rings (SSSR count). The van der Waals surface area contributed by atoms with Gasteiger partial charge in [0.15, 0.2) is 0 Å². The molecule has 0 aromatic heterocycles. The van der Waals surface area contributed by atoms with E-state index in [1.165, 1.54) is 19.3 Å². The molecule has 0 saturated carbocycles. The van der Waals surface area contributed by atoms with Crippen molar-refractivity contribution in [3.8, 4) is 0 Å². The van der Waals surface area contributed by atoms with Gasteiger partial charge in [-0.15, -0.1) is 0 Å². The van der Waals surface area contributed by atoms with Crippen molar-refractivity contribution in [1.82, 2.24) is 0 Å². The van der Waals surface area contributed by atoms with Crippen molar-refractivity contribution in [2.45, 2.75) is 46.0 Å². The Morgan fingerprint density at radius 3 is 2.40 bits per heavy atom. The van der Waals surface area contributed by atoms with Gasteiger partial charge < -0.3 is 5.84 Å². The fourth-order valence-electron chi connectivity index (χ4n) is 0.912. The van der Waals surface area contributed by atoms with Gasteiger partial charge in [0.2, 0.25) is 0 Å². The van der Waals surface area contributed by atoms with Crippen LogP contribution >= 0.6 is 0 Å². The molecule has 2 N–H and O–H groups in total. The van der Waals surface area contributed by atoms with Gasteiger partial charge in [-0.3, -0.25) is 0 Å². The van der Waals surface area contributed by atoms with E-state index >= 15 is 0 Å². The molecule has 2 nitrogen and oxygen atoms in total. The molecule has 0 unspecified atom stereocenters. The fraction of sp³-hybridized carbons (Fsp3) is 0.875. The summed E-state index contributed by atoms with van der Waals surface area (Å²) < 4.78 is 0. The van der Waals surface area contributed by atoms with Crippen LogP contribution in [-0.4, -0.2) is 5.71 Å². The zero-order valence-corrected chi connectivity index (χ0v) is 7.06. The Morgan fingerprint density at radius 1 is 1.30 bits per heavy atom. The van der Waals surface area contributed by atoms with Gasteiger partial charge in [-0.1, -0.05) is 26.7 Å². The molecule has 0 aromatic carbocycles. The van der Waals surface area contributed by atoms with Crippen LogP contribution in [0.2, 0.25) is 0 Å². The largest absolute Gasteiger partial charge is 0.323 e. The molecule has 0 amide bonds. The molecule has 0 fully saturated rings. The number of hydrogen-bond acceptors (Lipinski definition) is 2. The Hall–Kier alpha value is -0.530. The Bertz CT molecular complexity index is 97.4. The first kappa shape index (κ1) is 9.47. The Labute approximate surface area is 63.5 Å². The molecular weight excluding hydrogens is 124 g/mol. The quantitative estimate of drug-likeness (QED) is 0.272. The molecule has 0 radical (unpaired) electrons. The zero-order chi connectivity index (χ0) is 7.82. The predicted octanol–water partition coefficient (Wildman–Crippen LogP) is 2.29. The Kier molecular flexibility index (Phi) is 6.24. The SMILES string of the molecule is CCCCCC(CC)=NN. The molecule has 0 aliphatic carbocycles. The van der Waals surface area contributed by atoms with Crippen molar-refractivity contribution in [1.29, 1.82) is 0 Å². The number of nitrogens with zero attached hydrogens (tertiary/aromatic N) is 1. The maximum absolute atomic E-state index is 5.15. The molecule has 60 valence electrons. The molecule has 0 aliphatic rings. The molecule has 2 heteroatoms. The summed E-state index contributed by atoms with van der Waals surface area (Å²) in [6, 6.07) is 0. The van der Waals surface area contributed by atoms with E-state index in [4.69, 9.17) is 5.84 Å². The highest BCUT2D eigenvalue weighted by atomic mass is 15.1. The smallest absolute Gasteiger partial charge is 0.0373 e. The molecule has 0 heterocycles. The minimum Gasteiger partial charge on any atom is -0.323 e. The summed E-state index contributed by atoms with van der Waals surface area (Å²) in [6.07, 6.45) is 5.88. The van der Waals surface area contributed by atoms with Gasteiger partial charge in [-0.25, -0.2) is 0 Å². The maximum atomic E-state index is 5.15. The van der Waals surface area contributed by atoms with Gasteiger partial charge in [0.25, 0.3) is 0 Å². The van der Waals surface area contributed by atoms with Gasteiger partial charge >= 0.3 is 0 Å². The van der Waals surface area contributed by atoms with E-state index < -0.39 is 0 Å². The predicted molar refractivity (Wildman–Crippen MR) is 46.1 cm³/mol. The van der Waals surface area contributed by atoms with E-state index in [1.54, 1.807) is 0 Å². The van der Waals surface area contributed by atoms with Gasteiger partial charge in [0.1, 0.15) is 0 Å². The summed E-state index contributed by atoms with van der Waals surface area (Å²) in [5, 5.41) is 3.69. The normalized spacial score (nSPS) is 12.0. The average molecular weight is 142 g/mol. The third kappa shape index (κ3) is 4.36. The van der Waals surface area contributed by atoms with Crippen molar-refractivity contribution >= 4 is 5.71 Å². The van der Waals surface area contributed by atoms with Crippen LogP contribution in [0.15, 0.2) is 5.10 Å². The minimum atomic E-state index is 1.00. The van der Waals surface area contributed by atoms with Crippen LogP contribution in [0.1, 0.15) is 46.0 Å². The summed E-state index contributed by atoms with van der Waals surface area (Å²) in [7, 11) is 0. The molecule has 0 atom stereocenters. The van der Waals surface area contributed by atoms with Crippen molar-refractivity contribution in [3.05, 3.63) is 0 Å². The first-order valence-electron chi connectivity index (χ1n) is 4.10. The fourth-order valence-corrected chi connectivity index (χ4v) is 0.912. The summed E-state index contributed by atoms with van der Waals surface area (Å²) in [5.74, 6) is 5.15. The number of hydrogen-bond donors (Lipinski definition) is 1. The number of unbranched alkanes of at least 4 members (excludes halogenated alkanes) is 2. The average Bonchev–Trinajstić information content (AvgIpc) is 1.99. The van der Waals surface area contributed by atoms with E-state index in [-0.39, 0.29) is 0 Å². The van der Waals surface area contributed by atoms with E-state index in [1.807, 2.05) is 0 Å². The summed E-state index contributed by atoms with van der Waals surface area (Å²) in [4.78, 5) is 0. The van der Waals surface area contributed by atoms with Crippen LogP contribution in [0.25, 0.3) is 0 Å². The lowest BCUT2D eigenvalue weighted by atomic mass is 10.1. The van der Waals surface area contributed by atoms with Crippen LogP contribution in [-0.2, 0) is 0 Å². The summed E-state index contributed by atoms with van der Waals surface area (Å²) in [5.41, 5.74) is 1.15. The van der Waals surface area contributed by atoms with Gasteiger partial charge in [0, 0.05) is 5.71 Å². The van der Waals surface area contributed by atoms with E-state index in [2.05, 4.69) is 18.9 Å². The van der Waals surface area contributed by atoms with Crippen LogP contribution in [0.5, 0.6) is 0 Å². The lowest BCUT2D eigenvalue weighted by Crippen LogP contribution is -1.99. The molecule has 0 spiro atoms. The first-order chi connectivity index (χ1) is 4.85. The van der Waals surface area contributed by atoms with Gasteiger partial charge in [-0.05, 0) is 19.3 Å². The van der Waals surface area contributed by atoms with Crippen LogP contribution in [0, 0.1) is 0 Å². The van der Waals surface area contributed by atoms with Crippen LogP contribution < -0.4 is 5.84 Å². The zero-order valence-electron chi connectivity index (χ0n) is 7.06. The third-order valence-electron chi connectivity index (χ3n) is 1.66. The molecule has 0 bridgehead atoms. The number of hydrazone groups is 1. The second-order valence-corrected chi connectivity index (χ2v) is 2.51. The van der Waals surface area contributed by atoms with Gasteiger partial charge in [0.05, 0.1) is 0 Å². The monoisotopic (exact) mass is 142 g/mol. The van der Waals surface area contributed by atoms with Crippen LogP contribution in [0.3, 0.4) is 0 Å². The maximum Gasteiger partial charge on any atom is 0.0373 e. The Morgan fingerprint density at radius 2 is 2.00 bits per heavy atom. The third-order valence-corrected chi connectivity index (χ3v) is 1.66.